The van der Waals surface area contributed by atoms with E-state index in [0.717, 1.165) is 12.8 Å². The minimum absolute atomic E-state index is 0.0412. The molecule has 0 aliphatic carbocycles. The molecule has 0 fully saturated rings. The Kier molecular flexibility index (Phi) is 5.82. The summed E-state index contributed by atoms with van der Waals surface area (Å²) >= 11 is 3.29. The first-order valence-electron chi connectivity index (χ1n) is 3.76. The molecule has 0 amide bonds. The maximum absolute atomic E-state index is 9.35. The normalized spacial score (nSPS) is 18.9. The minimum Gasteiger partial charge on any atom is -0.389 e. The van der Waals surface area contributed by atoms with Gasteiger partial charge in [-0.1, -0.05) is 35.4 Å². The van der Waals surface area contributed by atoms with Crippen molar-refractivity contribution in [1.29, 1.82) is 0 Å². The molecule has 0 bridgehead atoms. The Morgan fingerprint density at radius 3 is 2.45 bits per heavy atom. The summed E-state index contributed by atoms with van der Waals surface area (Å²) < 4.78 is 0. The molecule has 0 aromatic rings. The van der Waals surface area contributed by atoms with Crippen molar-refractivity contribution in [3.63, 3.8) is 0 Å². The predicted molar refractivity (Wildman–Crippen MR) is 49.8 cm³/mol. The Balaban J connectivity index is 3.79. The standard InChI is InChI=1S/C8H15BrO2/c1-3-5-6(9)8(11)7(10)4-2/h4,6-8,10-11H,2-3,5H2,1H3/t6-,7-,8-/m1/s1. The first-order chi connectivity index (χ1) is 5.13. The molecule has 0 spiro atoms. The Hall–Kier alpha value is 0.140. The van der Waals surface area contributed by atoms with Crippen LogP contribution in [0.3, 0.4) is 0 Å². The van der Waals surface area contributed by atoms with Crippen molar-refractivity contribution in [3.05, 3.63) is 12.7 Å². The Morgan fingerprint density at radius 1 is 1.55 bits per heavy atom. The zero-order chi connectivity index (χ0) is 8.85. The van der Waals surface area contributed by atoms with Crippen LogP contribution in [0.5, 0.6) is 0 Å². The van der Waals surface area contributed by atoms with E-state index in [1.54, 1.807) is 0 Å². The molecule has 0 heterocycles. The molecule has 0 rings (SSSR count). The van der Waals surface area contributed by atoms with Crippen molar-refractivity contribution in [2.24, 2.45) is 0 Å². The van der Waals surface area contributed by atoms with E-state index in [2.05, 4.69) is 22.5 Å². The number of hydrogen-bond acceptors (Lipinski definition) is 2. The van der Waals surface area contributed by atoms with Crippen molar-refractivity contribution >= 4 is 15.9 Å². The van der Waals surface area contributed by atoms with E-state index < -0.39 is 12.2 Å². The van der Waals surface area contributed by atoms with Gasteiger partial charge in [-0.25, -0.2) is 0 Å². The molecule has 0 aromatic heterocycles. The fourth-order valence-electron chi connectivity index (χ4n) is 0.800. The lowest BCUT2D eigenvalue weighted by Gasteiger charge is -2.19. The van der Waals surface area contributed by atoms with Crippen LogP contribution < -0.4 is 0 Å². The maximum atomic E-state index is 9.35. The van der Waals surface area contributed by atoms with Crippen LogP contribution >= 0.6 is 15.9 Å². The average Bonchev–Trinajstić information content (AvgIpc) is 2.02. The zero-order valence-electron chi connectivity index (χ0n) is 6.70. The zero-order valence-corrected chi connectivity index (χ0v) is 8.29. The summed E-state index contributed by atoms with van der Waals surface area (Å²) in [5.74, 6) is 0. The molecule has 11 heavy (non-hydrogen) atoms. The first-order valence-corrected chi connectivity index (χ1v) is 4.67. The van der Waals surface area contributed by atoms with Crippen molar-refractivity contribution < 1.29 is 10.2 Å². The number of hydrogen-bond donors (Lipinski definition) is 2. The molecule has 0 saturated carbocycles. The third-order valence-corrected chi connectivity index (χ3v) is 2.53. The highest BCUT2D eigenvalue weighted by atomic mass is 79.9. The van der Waals surface area contributed by atoms with Crippen LogP contribution in [-0.2, 0) is 0 Å². The van der Waals surface area contributed by atoms with E-state index in [-0.39, 0.29) is 4.83 Å². The van der Waals surface area contributed by atoms with Gasteiger partial charge in [-0.15, -0.1) is 6.58 Å². The van der Waals surface area contributed by atoms with Gasteiger partial charge in [0.1, 0.15) is 0 Å². The van der Waals surface area contributed by atoms with Gasteiger partial charge in [0.05, 0.1) is 12.2 Å². The van der Waals surface area contributed by atoms with Gasteiger partial charge in [-0.3, -0.25) is 0 Å². The third kappa shape index (κ3) is 3.89. The number of aliphatic hydroxyl groups is 2. The van der Waals surface area contributed by atoms with Crippen LogP contribution in [0.4, 0.5) is 0 Å². The maximum Gasteiger partial charge on any atom is 0.0988 e. The average molecular weight is 223 g/mol. The molecule has 0 aliphatic rings. The highest BCUT2D eigenvalue weighted by Crippen LogP contribution is 2.15. The summed E-state index contributed by atoms with van der Waals surface area (Å²) in [4.78, 5) is -0.0412. The molecular formula is C8H15BrO2. The number of halogens is 1. The quantitative estimate of drug-likeness (QED) is 0.547. The fourth-order valence-corrected chi connectivity index (χ4v) is 1.57. The largest absolute Gasteiger partial charge is 0.389 e. The third-order valence-electron chi connectivity index (χ3n) is 1.53. The van der Waals surface area contributed by atoms with Crippen molar-refractivity contribution in [1.82, 2.24) is 0 Å². The van der Waals surface area contributed by atoms with Gasteiger partial charge in [0.25, 0.3) is 0 Å². The second-order valence-electron chi connectivity index (χ2n) is 2.52. The second kappa shape index (κ2) is 5.75. The summed E-state index contributed by atoms with van der Waals surface area (Å²) in [7, 11) is 0. The van der Waals surface area contributed by atoms with E-state index in [1.807, 2.05) is 6.92 Å². The molecule has 2 nitrogen and oxygen atoms in total. The minimum atomic E-state index is -0.828. The van der Waals surface area contributed by atoms with Crippen LogP contribution in [0.15, 0.2) is 12.7 Å². The van der Waals surface area contributed by atoms with Crippen LogP contribution in [0.1, 0.15) is 19.8 Å². The summed E-state index contributed by atoms with van der Waals surface area (Å²) in [6, 6.07) is 0. The Labute approximate surface area is 76.1 Å². The molecule has 3 heteroatoms. The predicted octanol–water partition coefficient (Wildman–Crippen LogP) is 1.46. The Bertz CT molecular complexity index is 117. The highest BCUT2D eigenvalue weighted by molar-refractivity contribution is 9.09. The van der Waals surface area contributed by atoms with Gasteiger partial charge in [0.15, 0.2) is 0 Å². The van der Waals surface area contributed by atoms with Crippen LogP contribution in [0.2, 0.25) is 0 Å². The van der Waals surface area contributed by atoms with Crippen molar-refractivity contribution in [2.75, 3.05) is 0 Å². The Morgan fingerprint density at radius 2 is 2.09 bits per heavy atom. The van der Waals surface area contributed by atoms with Gasteiger partial charge >= 0.3 is 0 Å². The lowest BCUT2D eigenvalue weighted by molar-refractivity contribution is 0.0475. The van der Waals surface area contributed by atoms with E-state index in [9.17, 15) is 5.11 Å². The molecule has 0 saturated heterocycles. The lowest BCUT2D eigenvalue weighted by atomic mass is 10.1. The second-order valence-corrected chi connectivity index (χ2v) is 3.70. The highest BCUT2D eigenvalue weighted by Gasteiger charge is 2.20. The van der Waals surface area contributed by atoms with Gasteiger partial charge < -0.3 is 10.2 Å². The number of rotatable bonds is 5. The van der Waals surface area contributed by atoms with Crippen molar-refractivity contribution in [3.8, 4) is 0 Å². The summed E-state index contributed by atoms with van der Waals surface area (Å²) in [5.41, 5.74) is 0. The molecule has 0 radical (unpaired) electrons. The molecule has 0 aromatic carbocycles. The van der Waals surface area contributed by atoms with Gasteiger partial charge in [0.2, 0.25) is 0 Å². The number of aliphatic hydroxyl groups excluding tert-OH is 2. The van der Waals surface area contributed by atoms with Crippen LogP contribution in [-0.4, -0.2) is 27.2 Å². The molecule has 2 N–H and O–H groups in total. The monoisotopic (exact) mass is 222 g/mol. The van der Waals surface area contributed by atoms with E-state index in [1.165, 1.54) is 6.08 Å². The lowest BCUT2D eigenvalue weighted by Crippen LogP contribution is -2.32. The smallest absolute Gasteiger partial charge is 0.0988 e. The topological polar surface area (TPSA) is 40.5 Å². The molecule has 66 valence electrons. The van der Waals surface area contributed by atoms with Gasteiger partial charge in [0, 0.05) is 4.83 Å². The summed E-state index contributed by atoms with van der Waals surface area (Å²) in [6.07, 6.45) is 1.61. The summed E-state index contributed by atoms with van der Waals surface area (Å²) in [5, 5.41) is 18.5. The summed E-state index contributed by atoms with van der Waals surface area (Å²) in [6.45, 7) is 5.42. The van der Waals surface area contributed by atoms with Crippen molar-refractivity contribution in [2.45, 2.75) is 36.8 Å². The number of alkyl halides is 1. The molecule has 3 atom stereocenters. The fraction of sp³-hybridized carbons (Fsp3) is 0.750. The molecule has 0 unspecified atom stereocenters. The van der Waals surface area contributed by atoms with Gasteiger partial charge in [-0.05, 0) is 6.42 Å². The van der Waals surface area contributed by atoms with E-state index in [4.69, 9.17) is 5.11 Å². The van der Waals surface area contributed by atoms with Crippen LogP contribution in [0, 0.1) is 0 Å². The molecular weight excluding hydrogens is 208 g/mol. The van der Waals surface area contributed by atoms with Gasteiger partial charge in [-0.2, -0.15) is 0 Å². The first kappa shape index (κ1) is 11.1. The SMILES string of the molecule is C=C[C@@H](O)[C@H](O)[C@H](Br)CCC. The molecule has 0 aliphatic heterocycles. The van der Waals surface area contributed by atoms with Crippen LogP contribution in [0.25, 0.3) is 0 Å². The van der Waals surface area contributed by atoms with E-state index in [0.29, 0.717) is 0 Å². The van der Waals surface area contributed by atoms with E-state index >= 15 is 0 Å².